The first-order valence-electron chi connectivity index (χ1n) is 12.6. The number of nitrogens with zero attached hydrogens (tertiary/aromatic N) is 3. The molecule has 0 bridgehead atoms. The van der Waals surface area contributed by atoms with Crippen LogP contribution in [0.4, 0.5) is 0 Å². The van der Waals surface area contributed by atoms with Crippen LogP contribution in [0.3, 0.4) is 0 Å². The van der Waals surface area contributed by atoms with Crippen molar-refractivity contribution in [3.63, 3.8) is 0 Å². The summed E-state index contributed by atoms with van der Waals surface area (Å²) in [5, 5.41) is 22.0. The van der Waals surface area contributed by atoms with Crippen LogP contribution in [0.2, 0.25) is 0 Å². The van der Waals surface area contributed by atoms with E-state index in [1.165, 1.54) is 0 Å². The lowest BCUT2D eigenvalue weighted by atomic mass is 10.1. The zero-order valence-electron chi connectivity index (χ0n) is 20.3. The Labute approximate surface area is 228 Å². The summed E-state index contributed by atoms with van der Waals surface area (Å²) in [5.41, 5.74) is 2.20. The van der Waals surface area contributed by atoms with Gasteiger partial charge in [0.25, 0.3) is 0 Å². The van der Waals surface area contributed by atoms with Gasteiger partial charge in [0.05, 0.1) is 12.6 Å². The van der Waals surface area contributed by atoms with Crippen LogP contribution in [-0.4, -0.2) is 75.3 Å². The third kappa shape index (κ3) is 6.88. The van der Waals surface area contributed by atoms with Crippen molar-refractivity contribution in [3.8, 4) is 0 Å². The minimum absolute atomic E-state index is 0.177. The van der Waals surface area contributed by atoms with Gasteiger partial charge in [-0.2, -0.15) is 0 Å². The van der Waals surface area contributed by atoms with Crippen LogP contribution < -0.4 is 0 Å². The highest BCUT2D eigenvalue weighted by Crippen LogP contribution is 2.33. The predicted octanol–water partition coefficient (Wildman–Crippen LogP) is 5.25. The Balaban J connectivity index is 1.28. The van der Waals surface area contributed by atoms with E-state index in [4.69, 9.17) is 5.11 Å². The summed E-state index contributed by atoms with van der Waals surface area (Å²) in [6.07, 6.45) is 3.43. The van der Waals surface area contributed by atoms with Gasteiger partial charge in [0.1, 0.15) is 0 Å². The van der Waals surface area contributed by atoms with Crippen molar-refractivity contribution in [1.82, 2.24) is 14.4 Å². The Morgan fingerprint density at radius 1 is 0.806 bits per heavy atom. The van der Waals surface area contributed by atoms with Gasteiger partial charge in [-0.25, -0.2) is 0 Å². The minimum Gasteiger partial charge on any atom is -0.481 e. The first-order valence-corrected chi connectivity index (χ1v) is 14.2. The molecular weight excluding hydrogens is 590 g/mol. The third-order valence-electron chi connectivity index (χ3n) is 6.91. The van der Waals surface area contributed by atoms with Gasteiger partial charge in [-0.05, 0) is 49.2 Å². The molecule has 0 radical (unpaired) electrons. The van der Waals surface area contributed by atoms with E-state index in [0.717, 1.165) is 63.1 Å². The third-order valence-corrected chi connectivity index (χ3v) is 7.89. The number of fused-ring (bicyclic) bond motifs is 3. The molecule has 9 heteroatoms. The van der Waals surface area contributed by atoms with Crippen molar-refractivity contribution in [2.45, 2.75) is 51.2 Å². The summed E-state index contributed by atoms with van der Waals surface area (Å²) in [4.78, 5) is 27.2. The maximum atomic E-state index is 12.5. The van der Waals surface area contributed by atoms with E-state index >= 15 is 0 Å². The zero-order chi connectivity index (χ0) is 25.7. The van der Waals surface area contributed by atoms with Crippen molar-refractivity contribution in [1.29, 1.82) is 0 Å². The van der Waals surface area contributed by atoms with Gasteiger partial charge in [-0.3, -0.25) is 14.5 Å². The van der Waals surface area contributed by atoms with Gasteiger partial charge in [0.2, 0.25) is 5.91 Å². The predicted molar refractivity (Wildman–Crippen MR) is 149 cm³/mol. The molecule has 2 N–H and O–H groups in total. The Morgan fingerprint density at radius 2 is 1.36 bits per heavy atom. The summed E-state index contributed by atoms with van der Waals surface area (Å²) < 4.78 is 4.25. The lowest BCUT2D eigenvalue weighted by molar-refractivity contribution is -0.137. The number of aliphatic carboxylic acids is 1. The monoisotopic (exact) mass is 621 g/mol. The second-order valence-electron chi connectivity index (χ2n) is 9.58. The van der Waals surface area contributed by atoms with Gasteiger partial charge in [-0.1, -0.05) is 44.7 Å². The molecule has 1 saturated heterocycles. The highest BCUT2D eigenvalue weighted by atomic mass is 79.9. The SMILES string of the molecule is O=C(O)CCCCCCC(=O)N1CCN(C[C@@H](O)Cn2c3ccc(Br)cc3c3cc(Br)ccc32)CC1. The first kappa shape index (κ1) is 27.1. The molecule has 1 fully saturated rings. The number of carboxylic acid groups (broad SMARTS) is 1. The number of benzene rings is 2. The molecule has 194 valence electrons. The van der Waals surface area contributed by atoms with E-state index in [0.29, 0.717) is 39.0 Å². The molecule has 0 spiro atoms. The van der Waals surface area contributed by atoms with Crippen LogP contribution >= 0.6 is 31.9 Å². The number of aliphatic hydroxyl groups excluding tert-OH is 1. The van der Waals surface area contributed by atoms with Crippen molar-refractivity contribution in [2.24, 2.45) is 0 Å². The molecule has 36 heavy (non-hydrogen) atoms. The van der Waals surface area contributed by atoms with Crippen molar-refractivity contribution < 1.29 is 19.8 Å². The van der Waals surface area contributed by atoms with Crippen molar-refractivity contribution in [3.05, 3.63) is 45.3 Å². The molecule has 2 aromatic carbocycles. The molecule has 1 aliphatic rings. The minimum atomic E-state index is -0.759. The number of aromatic nitrogens is 1. The summed E-state index contributed by atoms with van der Waals surface area (Å²) in [6, 6.07) is 12.5. The molecule has 1 amide bonds. The van der Waals surface area contributed by atoms with E-state index in [1.54, 1.807) is 0 Å². The number of halogens is 2. The van der Waals surface area contributed by atoms with Gasteiger partial charge in [0.15, 0.2) is 0 Å². The second kappa shape index (κ2) is 12.5. The quantitative estimate of drug-likeness (QED) is 0.285. The number of carbonyl (C=O) groups is 2. The lowest BCUT2D eigenvalue weighted by Gasteiger charge is -2.35. The number of hydrogen-bond donors (Lipinski definition) is 2. The fourth-order valence-electron chi connectivity index (χ4n) is 5.06. The first-order chi connectivity index (χ1) is 17.3. The molecule has 1 aromatic heterocycles. The van der Waals surface area contributed by atoms with Crippen molar-refractivity contribution >= 4 is 65.5 Å². The van der Waals surface area contributed by atoms with Crippen LogP contribution in [0.25, 0.3) is 21.8 Å². The van der Waals surface area contributed by atoms with E-state index in [-0.39, 0.29) is 12.3 Å². The van der Waals surface area contributed by atoms with Crippen LogP contribution in [0, 0.1) is 0 Å². The Morgan fingerprint density at radius 3 is 1.92 bits per heavy atom. The standard InChI is InChI=1S/C27H33Br2N3O4/c28-19-7-9-24-22(15-19)23-16-20(29)8-10-25(23)32(24)18-21(33)17-30-11-13-31(14-12-30)26(34)5-3-1-2-4-6-27(35)36/h7-10,15-16,21,33H,1-6,11-14,17-18H2,(H,35,36)/t21-/m1/s1. The average molecular weight is 623 g/mol. The number of aliphatic hydroxyl groups is 1. The Hall–Kier alpha value is -1.94. The van der Waals surface area contributed by atoms with Crippen molar-refractivity contribution in [2.75, 3.05) is 32.7 Å². The number of β-amino-alcohol motifs (C(OH)–C–C–N with tert-alkyl or cyclic N) is 1. The number of carboxylic acids is 1. The molecule has 1 aliphatic heterocycles. The largest absolute Gasteiger partial charge is 0.481 e. The smallest absolute Gasteiger partial charge is 0.303 e. The van der Waals surface area contributed by atoms with E-state index in [9.17, 15) is 14.7 Å². The summed E-state index contributed by atoms with van der Waals surface area (Å²) in [7, 11) is 0. The number of carbonyl (C=O) groups excluding carboxylic acids is 1. The van der Waals surface area contributed by atoms with Gasteiger partial charge < -0.3 is 19.7 Å². The van der Waals surface area contributed by atoms with Crippen LogP contribution in [-0.2, 0) is 16.1 Å². The highest BCUT2D eigenvalue weighted by molar-refractivity contribution is 9.10. The fraction of sp³-hybridized carbons (Fsp3) is 0.481. The number of hydrogen-bond acceptors (Lipinski definition) is 4. The molecule has 0 aliphatic carbocycles. The topological polar surface area (TPSA) is 86.0 Å². The number of rotatable bonds is 11. The highest BCUT2D eigenvalue weighted by Gasteiger charge is 2.23. The Bertz CT molecular complexity index is 1160. The summed E-state index contributed by atoms with van der Waals surface area (Å²) in [6.45, 7) is 3.96. The fourth-order valence-corrected chi connectivity index (χ4v) is 5.78. The number of piperazine rings is 1. The van der Waals surface area contributed by atoms with Gasteiger partial charge in [0, 0.05) is 76.3 Å². The molecule has 0 unspecified atom stereocenters. The molecule has 1 atom stereocenters. The van der Waals surface area contributed by atoms with Crippen LogP contribution in [0.1, 0.15) is 38.5 Å². The van der Waals surface area contributed by atoms with Gasteiger partial charge in [-0.15, -0.1) is 0 Å². The van der Waals surface area contributed by atoms with E-state index < -0.39 is 12.1 Å². The molecule has 2 heterocycles. The number of amides is 1. The zero-order valence-corrected chi connectivity index (χ0v) is 23.5. The summed E-state index contributed by atoms with van der Waals surface area (Å²) in [5.74, 6) is -0.582. The molecule has 0 saturated carbocycles. The normalized spacial score (nSPS) is 15.6. The van der Waals surface area contributed by atoms with E-state index in [1.807, 2.05) is 17.0 Å². The van der Waals surface area contributed by atoms with Crippen LogP contribution in [0.5, 0.6) is 0 Å². The van der Waals surface area contributed by atoms with Crippen LogP contribution in [0.15, 0.2) is 45.3 Å². The summed E-state index contributed by atoms with van der Waals surface area (Å²) >= 11 is 7.16. The maximum Gasteiger partial charge on any atom is 0.303 e. The number of unbranched alkanes of at least 4 members (excludes halogenated alkanes) is 3. The molecular formula is C27H33Br2N3O4. The maximum absolute atomic E-state index is 12.5. The second-order valence-corrected chi connectivity index (χ2v) is 11.4. The molecule has 3 aromatic rings. The average Bonchev–Trinajstić information content (AvgIpc) is 3.13. The Kier molecular flexibility index (Phi) is 9.44. The molecule has 7 nitrogen and oxygen atoms in total. The molecule has 4 rings (SSSR count). The lowest BCUT2D eigenvalue weighted by Crippen LogP contribution is -2.50. The van der Waals surface area contributed by atoms with E-state index in [2.05, 4.69) is 65.6 Å². The van der Waals surface area contributed by atoms with Gasteiger partial charge >= 0.3 is 5.97 Å².